The minimum Gasteiger partial charge on any atom is -0.254 e. The van der Waals surface area contributed by atoms with Crippen LogP contribution in [0.2, 0.25) is 0 Å². The van der Waals surface area contributed by atoms with E-state index in [-0.39, 0.29) is 0 Å². The van der Waals surface area contributed by atoms with Crippen molar-refractivity contribution in [3.8, 4) is 56.2 Å². The zero-order chi connectivity index (χ0) is 49.8. The molecule has 76 heavy (non-hydrogen) atoms. The lowest BCUT2D eigenvalue weighted by molar-refractivity contribution is 1.32. The van der Waals surface area contributed by atoms with Gasteiger partial charge in [-0.1, -0.05) is 109 Å². The fourth-order valence-corrected chi connectivity index (χ4v) is 11.7. The molecule has 0 spiro atoms. The molecule has 16 rings (SSSR count). The lowest BCUT2D eigenvalue weighted by Crippen LogP contribution is -1.97. The molecule has 9 heteroatoms. The molecule has 16 aromatic rings. The molecular weight excluding hydrogens is 931 g/mol. The summed E-state index contributed by atoms with van der Waals surface area (Å²) in [5, 5.41) is 12.3. The molecule has 0 amide bonds. The molecule has 0 fully saturated rings. The Morgan fingerprint density at radius 3 is 1.04 bits per heavy atom. The molecule has 0 saturated carbocycles. The monoisotopic (exact) mass is 967 g/mol. The Kier molecular flexibility index (Phi) is 9.13. The molecular formula is C67H37N9. The molecule has 0 bridgehead atoms. The summed E-state index contributed by atoms with van der Waals surface area (Å²) < 4.78 is 0. The largest absolute Gasteiger partial charge is 0.254 e. The minimum absolute atomic E-state index is 0.802. The third-order valence-electron chi connectivity index (χ3n) is 15.0. The van der Waals surface area contributed by atoms with Crippen molar-refractivity contribution in [3.05, 3.63) is 225 Å². The van der Waals surface area contributed by atoms with Gasteiger partial charge in [-0.25, -0.2) is 15.0 Å². The van der Waals surface area contributed by atoms with Crippen molar-refractivity contribution in [1.29, 1.82) is 0 Å². The van der Waals surface area contributed by atoms with Crippen LogP contribution in [0.4, 0.5) is 0 Å². The number of fused-ring (bicyclic) bond motifs is 14. The number of pyridine rings is 9. The summed E-state index contributed by atoms with van der Waals surface area (Å²) in [7, 11) is 0. The van der Waals surface area contributed by atoms with Crippen molar-refractivity contribution in [2.75, 3.05) is 0 Å². The van der Waals surface area contributed by atoms with E-state index in [4.69, 9.17) is 44.9 Å². The fraction of sp³-hybridized carbons (Fsp3) is 0. The molecule has 0 atom stereocenters. The number of benzene rings is 7. The first-order valence-corrected chi connectivity index (χ1v) is 25.2. The van der Waals surface area contributed by atoms with Gasteiger partial charge in [-0.2, -0.15) is 0 Å². The molecule has 0 unspecified atom stereocenters. The van der Waals surface area contributed by atoms with Crippen LogP contribution in [-0.4, -0.2) is 44.9 Å². The van der Waals surface area contributed by atoms with E-state index >= 15 is 0 Å². The second kappa shape index (κ2) is 16.5. The lowest BCUT2D eigenvalue weighted by Gasteiger charge is -2.18. The average Bonchev–Trinajstić information content (AvgIpc) is 3.50. The van der Waals surface area contributed by atoms with Gasteiger partial charge >= 0.3 is 0 Å². The molecule has 7 aromatic carbocycles. The van der Waals surface area contributed by atoms with E-state index in [9.17, 15) is 0 Å². The van der Waals surface area contributed by atoms with Crippen molar-refractivity contribution in [1.82, 2.24) is 44.9 Å². The summed E-state index contributed by atoms with van der Waals surface area (Å²) in [6, 6.07) is 65.7. The second-order valence-electron chi connectivity index (χ2n) is 19.3. The van der Waals surface area contributed by atoms with Crippen molar-refractivity contribution in [2.24, 2.45) is 0 Å². The second-order valence-corrected chi connectivity index (χ2v) is 19.3. The van der Waals surface area contributed by atoms with Crippen molar-refractivity contribution >= 4 is 109 Å². The Balaban J connectivity index is 0.925. The van der Waals surface area contributed by atoms with Crippen LogP contribution in [-0.2, 0) is 0 Å². The maximum atomic E-state index is 5.62. The van der Waals surface area contributed by atoms with Gasteiger partial charge in [0.05, 0.1) is 66.9 Å². The van der Waals surface area contributed by atoms with Crippen LogP contribution in [0.15, 0.2) is 225 Å². The Morgan fingerprint density at radius 1 is 0.211 bits per heavy atom. The van der Waals surface area contributed by atoms with E-state index in [1.54, 1.807) is 0 Å². The van der Waals surface area contributed by atoms with E-state index in [1.165, 1.54) is 0 Å². The van der Waals surface area contributed by atoms with Crippen molar-refractivity contribution in [2.45, 2.75) is 0 Å². The average molecular weight is 968 g/mol. The predicted octanol–water partition coefficient (Wildman–Crippen LogP) is 16.1. The molecule has 0 saturated heterocycles. The third kappa shape index (κ3) is 6.42. The number of rotatable bonds is 5. The van der Waals surface area contributed by atoms with E-state index < -0.39 is 0 Å². The van der Waals surface area contributed by atoms with Crippen LogP contribution in [0.1, 0.15) is 0 Å². The molecule has 0 aliphatic carbocycles. The predicted molar refractivity (Wildman–Crippen MR) is 309 cm³/mol. The normalized spacial score (nSPS) is 11.9. The first kappa shape index (κ1) is 42.0. The van der Waals surface area contributed by atoms with Gasteiger partial charge in [-0.05, 0) is 112 Å². The standard InChI is InChI=1S/C67H37N9/c1-3-16-46-44(14-1)58(54-25-23-39-22-21-38-11-5-27-68-60(38)63(39)75-54)45-15-2-4-17-47(45)59(46)55-26-24-42-33-51(48-18-8-32-73-67(48)64(42)76-55)43-36-56(52-34-40-12-6-28-69-61(40)65-49(52)19-9-30-71-65)74-57(37-43)53-35-41-13-7-29-70-62(41)66-50(53)20-10-31-72-66/h1-37H. The molecule has 350 valence electrons. The SMILES string of the molecule is c1cnc2c(c1)ccc1ccc(-c3c4ccccc4c(-c4ccc5cc(-c6cc(-c7cc8cccnc8c8ncccc78)nc(-c7cc8cccnc8c8ncccc78)c6)c6cccnc6c5n4)c4ccccc34)nc12. The van der Waals surface area contributed by atoms with Crippen LogP contribution in [0.25, 0.3) is 165 Å². The van der Waals surface area contributed by atoms with Crippen LogP contribution in [0.3, 0.4) is 0 Å². The van der Waals surface area contributed by atoms with E-state index in [0.717, 1.165) is 165 Å². The quantitative estimate of drug-likeness (QED) is 0.123. The molecule has 0 aliphatic heterocycles. The van der Waals surface area contributed by atoms with E-state index in [1.807, 2.05) is 73.6 Å². The van der Waals surface area contributed by atoms with Crippen LogP contribution in [0, 0.1) is 0 Å². The smallest absolute Gasteiger partial charge is 0.0972 e. The van der Waals surface area contributed by atoms with Crippen LogP contribution < -0.4 is 0 Å². The van der Waals surface area contributed by atoms with Crippen LogP contribution in [0.5, 0.6) is 0 Å². The summed E-state index contributed by atoms with van der Waals surface area (Å²) >= 11 is 0. The first-order valence-electron chi connectivity index (χ1n) is 25.2. The molecule has 9 aromatic heterocycles. The highest BCUT2D eigenvalue weighted by Crippen LogP contribution is 2.46. The van der Waals surface area contributed by atoms with Crippen molar-refractivity contribution < 1.29 is 0 Å². The fourth-order valence-electron chi connectivity index (χ4n) is 11.7. The highest BCUT2D eigenvalue weighted by Gasteiger charge is 2.22. The highest BCUT2D eigenvalue weighted by molar-refractivity contribution is 6.22. The summed E-state index contributed by atoms with van der Waals surface area (Å²) in [5.41, 5.74) is 16.1. The van der Waals surface area contributed by atoms with Gasteiger partial charge in [0.2, 0.25) is 0 Å². The molecule has 9 nitrogen and oxygen atoms in total. The number of aromatic nitrogens is 9. The molecule has 0 N–H and O–H groups in total. The van der Waals surface area contributed by atoms with Gasteiger partial charge in [0.15, 0.2) is 0 Å². The topological polar surface area (TPSA) is 116 Å². The minimum atomic E-state index is 0.802. The Labute approximate surface area is 433 Å². The lowest BCUT2D eigenvalue weighted by atomic mass is 9.88. The summed E-state index contributed by atoms with van der Waals surface area (Å²) in [6.07, 6.45) is 11.0. The summed E-state index contributed by atoms with van der Waals surface area (Å²) in [4.78, 5) is 45.8. The zero-order valence-corrected chi connectivity index (χ0v) is 40.4. The van der Waals surface area contributed by atoms with Gasteiger partial charge in [0, 0.05) is 103 Å². The Hall–Kier alpha value is -10.5. The Morgan fingerprint density at radius 2 is 0.539 bits per heavy atom. The molecule has 0 aliphatic rings. The first-order chi connectivity index (χ1) is 37.7. The van der Waals surface area contributed by atoms with Gasteiger partial charge in [-0.15, -0.1) is 0 Å². The van der Waals surface area contributed by atoms with E-state index in [0.29, 0.717) is 0 Å². The Bertz CT molecular complexity index is 4960. The highest BCUT2D eigenvalue weighted by atomic mass is 14.8. The number of nitrogens with zero attached hydrogens (tertiary/aromatic N) is 9. The number of hydrogen-bond donors (Lipinski definition) is 0. The van der Waals surface area contributed by atoms with Gasteiger partial charge in [0.25, 0.3) is 0 Å². The van der Waals surface area contributed by atoms with E-state index in [2.05, 4.69) is 152 Å². The zero-order valence-electron chi connectivity index (χ0n) is 40.4. The van der Waals surface area contributed by atoms with Gasteiger partial charge in [-0.3, -0.25) is 29.9 Å². The van der Waals surface area contributed by atoms with Gasteiger partial charge < -0.3 is 0 Å². The summed E-state index contributed by atoms with van der Waals surface area (Å²) in [5.74, 6) is 0. The maximum Gasteiger partial charge on any atom is 0.0972 e. The third-order valence-corrected chi connectivity index (χ3v) is 15.0. The van der Waals surface area contributed by atoms with Crippen molar-refractivity contribution in [3.63, 3.8) is 0 Å². The summed E-state index contributed by atoms with van der Waals surface area (Å²) in [6.45, 7) is 0. The van der Waals surface area contributed by atoms with Crippen LogP contribution >= 0.6 is 0 Å². The molecule has 0 radical (unpaired) electrons. The number of hydrogen-bond acceptors (Lipinski definition) is 9. The van der Waals surface area contributed by atoms with Gasteiger partial charge in [0.1, 0.15) is 0 Å². The maximum absolute atomic E-state index is 5.62. The molecule has 9 heterocycles.